The minimum Gasteiger partial charge on any atom is -0.345 e. The zero-order valence-electron chi connectivity index (χ0n) is 8.23. The third kappa shape index (κ3) is 3.73. The fourth-order valence-corrected chi connectivity index (χ4v) is 2.86. The Morgan fingerprint density at radius 3 is 2.60 bits per heavy atom. The van der Waals surface area contributed by atoms with Crippen molar-refractivity contribution >= 4 is 60.7 Å². The van der Waals surface area contributed by atoms with E-state index in [-0.39, 0.29) is 11.4 Å². The number of nitrogens with one attached hydrogen (secondary N) is 1. The summed E-state index contributed by atoms with van der Waals surface area (Å²) >= 11 is 13.8. The number of amides is 1. The van der Waals surface area contributed by atoms with E-state index in [0.717, 1.165) is 8.26 Å². The van der Waals surface area contributed by atoms with Gasteiger partial charge in [-0.2, -0.15) is 0 Å². The molecule has 2 nitrogen and oxygen atoms in total. The lowest BCUT2D eigenvalue weighted by Gasteiger charge is -2.22. The molecular formula is C9H10Br2ClNOS. The Balaban J connectivity index is 2.78. The van der Waals surface area contributed by atoms with Crippen LogP contribution in [0.3, 0.4) is 0 Å². The molecule has 15 heavy (non-hydrogen) atoms. The number of halogens is 3. The number of rotatable bonds is 3. The Hall–Kier alpha value is 0.420. The molecule has 0 radical (unpaired) electrons. The Bertz CT molecular complexity index is 359. The van der Waals surface area contributed by atoms with E-state index in [0.29, 0.717) is 10.8 Å². The van der Waals surface area contributed by atoms with Gasteiger partial charge in [0.2, 0.25) is 0 Å². The maximum absolute atomic E-state index is 11.8. The number of carbonyl (C=O) groups is 1. The maximum Gasteiger partial charge on any atom is 0.261 e. The zero-order chi connectivity index (χ0) is 11.6. The molecule has 0 saturated carbocycles. The molecule has 0 aliphatic rings. The van der Waals surface area contributed by atoms with E-state index in [2.05, 4.69) is 37.2 Å². The van der Waals surface area contributed by atoms with Crippen LogP contribution in [0.1, 0.15) is 23.5 Å². The molecule has 0 saturated heterocycles. The standard InChI is InChI=1S/C9H10Br2ClNOS/c1-9(2,4-12)13-8(14)6-3-5(10)7(11)15-6/h3H,4H2,1-2H3,(H,13,14). The van der Waals surface area contributed by atoms with Gasteiger partial charge in [0.15, 0.2) is 0 Å². The first kappa shape index (κ1) is 13.5. The van der Waals surface area contributed by atoms with Crippen molar-refractivity contribution in [3.05, 3.63) is 19.2 Å². The average molecular weight is 376 g/mol. The SMILES string of the molecule is CC(C)(CCl)NC(=O)c1cc(Br)c(Br)s1. The van der Waals surface area contributed by atoms with Crippen LogP contribution in [-0.4, -0.2) is 17.3 Å². The fraction of sp³-hybridized carbons (Fsp3) is 0.444. The van der Waals surface area contributed by atoms with Crippen LogP contribution >= 0.6 is 54.8 Å². The van der Waals surface area contributed by atoms with Crippen molar-refractivity contribution in [2.75, 3.05) is 5.88 Å². The third-order valence-electron chi connectivity index (χ3n) is 1.65. The normalized spacial score (nSPS) is 11.5. The van der Waals surface area contributed by atoms with Gasteiger partial charge < -0.3 is 5.32 Å². The third-order valence-corrected chi connectivity index (χ3v) is 5.58. The van der Waals surface area contributed by atoms with E-state index >= 15 is 0 Å². The Labute approximate surface area is 115 Å². The highest BCUT2D eigenvalue weighted by molar-refractivity contribution is 9.13. The van der Waals surface area contributed by atoms with Gasteiger partial charge in [-0.25, -0.2) is 0 Å². The van der Waals surface area contributed by atoms with Crippen LogP contribution in [0, 0.1) is 0 Å². The first-order chi connectivity index (χ1) is 6.85. The van der Waals surface area contributed by atoms with Gasteiger partial charge in [0, 0.05) is 15.9 Å². The maximum atomic E-state index is 11.8. The summed E-state index contributed by atoms with van der Waals surface area (Å²) in [6.07, 6.45) is 0. The van der Waals surface area contributed by atoms with E-state index < -0.39 is 0 Å². The smallest absolute Gasteiger partial charge is 0.261 e. The van der Waals surface area contributed by atoms with Crippen molar-refractivity contribution in [2.45, 2.75) is 19.4 Å². The van der Waals surface area contributed by atoms with Crippen molar-refractivity contribution < 1.29 is 4.79 Å². The van der Waals surface area contributed by atoms with Crippen LogP contribution in [0.4, 0.5) is 0 Å². The summed E-state index contributed by atoms with van der Waals surface area (Å²) in [5, 5.41) is 2.86. The molecule has 0 aromatic carbocycles. The molecule has 1 rings (SSSR count). The van der Waals surface area contributed by atoms with Crippen LogP contribution in [-0.2, 0) is 0 Å². The summed E-state index contributed by atoms with van der Waals surface area (Å²) in [6, 6.07) is 1.79. The molecule has 0 bridgehead atoms. The van der Waals surface area contributed by atoms with Crippen molar-refractivity contribution in [1.82, 2.24) is 5.32 Å². The molecule has 0 fully saturated rings. The molecular weight excluding hydrogens is 365 g/mol. The fourth-order valence-electron chi connectivity index (χ4n) is 0.861. The van der Waals surface area contributed by atoms with Gasteiger partial charge in [0.25, 0.3) is 5.91 Å². The molecule has 6 heteroatoms. The summed E-state index contributed by atoms with van der Waals surface area (Å²) in [7, 11) is 0. The van der Waals surface area contributed by atoms with Crippen molar-refractivity contribution in [2.24, 2.45) is 0 Å². The largest absolute Gasteiger partial charge is 0.345 e. The second-order valence-electron chi connectivity index (χ2n) is 3.70. The van der Waals surface area contributed by atoms with Gasteiger partial charge in [-0.05, 0) is 51.8 Å². The molecule has 0 atom stereocenters. The molecule has 1 amide bonds. The first-order valence-electron chi connectivity index (χ1n) is 4.19. The van der Waals surface area contributed by atoms with Crippen LogP contribution in [0.2, 0.25) is 0 Å². The van der Waals surface area contributed by atoms with Crippen LogP contribution in [0.25, 0.3) is 0 Å². The molecule has 84 valence electrons. The van der Waals surface area contributed by atoms with Crippen molar-refractivity contribution in [3.63, 3.8) is 0 Å². The number of alkyl halides is 1. The highest BCUT2D eigenvalue weighted by Crippen LogP contribution is 2.32. The topological polar surface area (TPSA) is 29.1 Å². The molecule has 1 aromatic heterocycles. The van der Waals surface area contributed by atoms with E-state index in [4.69, 9.17) is 11.6 Å². The Morgan fingerprint density at radius 1 is 1.60 bits per heavy atom. The predicted octanol–water partition coefficient (Wildman–Crippen LogP) is 4.02. The van der Waals surface area contributed by atoms with Gasteiger partial charge in [0.05, 0.1) is 8.66 Å². The first-order valence-corrected chi connectivity index (χ1v) is 7.13. The summed E-state index contributed by atoms with van der Waals surface area (Å²) in [5.41, 5.74) is -0.387. The molecule has 0 aliphatic heterocycles. The molecule has 1 N–H and O–H groups in total. The molecule has 1 heterocycles. The molecule has 0 unspecified atom stereocenters. The summed E-state index contributed by atoms with van der Waals surface area (Å²) in [6.45, 7) is 3.77. The van der Waals surface area contributed by atoms with Crippen molar-refractivity contribution in [3.8, 4) is 0 Å². The number of hydrogen-bond donors (Lipinski definition) is 1. The van der Waals surface area contributed by atoms with Gasteiger partial charge in [-0.3, -0.25) is 4.79 Å². The lowest BCUT2D eigenvalue weighted by Crippen LogP contribution is -2.44. The summed E-state index contributed by atoms with van der Waals surface area (Å²) in [4.78, 5) is 12.4. The molecule has 0 spiro atoms. The van der Waals surface area contributed by atoms with Gasteiger partial charge in [0.1, 0.15) is 0 Å². The minimum atomic E-state index is -0.387. The predicted molar refractivity (Wildman–Crippen MR) is 72.0 cm³/mol. The van der Waals surface area contributed by atoms with Gasteiger partial charge >= 0.3 is 0 Å². The summed E-state index contributed by atoms with van der Waals surface area (Å²) in [5.74, 6) is 0.281. The quantitative estimate of drug-likeness (QED) is 0.795. The molecule has 1 aromatic rings. The van der Waals surface area contributed by atoms with Gasteiger partial charge in [-0.15, -0.1) is 22.9 Å². The van der Waals surface area contributed by atoms with Gasteiger partial charge in [-0.1, -0.05) is 0 Å². The van der Waals surface area contributed by atoms with Crippen LogP contribution in [0.15, 0.2) is 14.3 Å². The number of carbonyl (C=O) groups excluding carboxylic acids is 1. The Morgan fingerprint density at radius 2 is 2.20 bits per heavy atom. The zero-order valence-corrected chi connectivity index (χ0v) is 13.0. The minimum absolute atomic E-state index is 0.1000. The lowest BCUT2D eigenvalue weighted by atomic mass is 10.1. The monoisotopic (exact) mass is 373 g/mol. The number of thiophene rings is 1. The van der Waals surface area contributed by atoms with E-state index in [1.54, 1.807) is 6.07 Å². The average Bonchev–Trinajstić information content (AvgIpc) is 2.47. The molecule has 0 aliphatic carbocycles. The second-order valence-corrected chi connectivity index (χ2v) is 7.20. The van der Waals surface area contributed by atoms with E-state index in [9.17, 15) is 4.79 Å². The Kier molecular flexibility index (Phi) is 4.64. The number of hydrogen-bond acceptors (Lipinski definition) is 2. The lowest BCUT2D eigenvalue weighted by molar-refractivity contribution is 0.0924. The summed E-state index contributed by atoms with van der Waals surface area (Å²) < 4.78 is 1.80. The van der Waals surface area contributed by atoms with Crippen LogP contribution in [0.5, 0.6) is 0 Å². The van der Waals surface area contributed by atoms with E-state index in [1.165, 1.54) is 11.3 Å². The van der Waals surface area contributed by atoms with Crippen molar-refractivity contribution in [1.29, 1.82) is 0 Å². The van der Waals surface area contributed by atoms with Crippen LogP contribution < -0.4 is 5.32 Å². The highest BCUT2D eigenvalue weighted by Gasteiger charge is 2.21. The second kappa shape index (κ2) is 5.17. The highest BCUT2D eigenvalue weighted by atomic mass is 79.9. The van der Waals surface area contributed by atoms with E-state index in [1.807, 2.05) is 13.8 Å².